The van der Waals surface area contributed by atoms with Crippen molar-refractivity contribution >= 4 is 11.6 Å². The average Bonchev–Trinajstić information content (AvgIpc) is 2.45. The van der Waals surface area contributed by atoms with E-state index in [1.165, 1.54) is 6.07 Å². The number of hydrogen-bond donors (Lipinski definition) is 1. The van der Waals surface area contributed by atoms with Gasteiger partial charge in [0.2, 0.25) is 0 Å². The summed E-state index contributed by atoms with van der Waals surface area (Å²) >= 11 is 5.85. The molecule has 0 aromatic rings. The Morgan fingerprint density at radius 1 is 1.06 bits per heavy atom. The van der Waals surface area contributed by atoms with Gasteiger partial charge in [-0.15, -0.1) is 0 Å². The SMILES string of the molecule is O[C@@H](c1cc(Cl)c2cccccc1-2)C(F)(F)F. The van der Waals surface area contributed by atoms with Gasteiger partial charge in [-0.3, -0.25) is 0 Å². The summed E-state index contributed by atoms with van der Waals surface area (Å²) in [6, 6.07) is 9.24. The number of alkyl halides is 3. The van der Waals surface area contributed by atoms with Crippen LogP contribution < -0.4 is 0 Å². The Morgan fingerprint density at radius 2 is 1.65 bits per heavy atom. The molecule has 1 N–H and O–H groups in total. The van der Waals surface area contributed by atoms with Gasteiger partial charge in [-0.2, -0.15) is 13.2 Å². The van der Waals surface area contributed by atoms with E-state index in [9.17, 15) is 18.3 Å². The second-order valence-electron chi connectivity index (χ2n) is 3.63. The van der Waals surface area contributed by atoms with Gasteiger partial charge in [0.05, 0.1) is 0 Å². The van der Waals surface area contributed by atoms with Crippen molar-refractivity contribution in [2.45, 2.75) is 12.3 Å². The minimum Gasteiger partial charge on any atom is -0.379 e. The molecular weight excluding hydrogens is 253 g/mol. The first kappa shape index (κ1) is 12.2. The predicted octanol–water partition coefficient (Wildman–Crippen LogP) is 4.04. The third-order valence-corrected chi connectivity index (χ3v) is 2.81. The second kappa shape index (κ2) is 4.20. The van der Waals surface area contributed by atoms with Crippen LogP contribution >= 0.6 is 11.6 Å². The number of aliphatic hydroxyl groups is 1. The first-order valence-electron chi connectivity index (χ1n) is 4.83. The maximum atomic E-state index is 12.5. The van der Waals surface area contributed by atoms with Gasteiger partial charge >= 0.3 is 6.18 Å². The van der Waals surface area contributed by atoms with E-state index in [1.54, 1.807) is 24.3 Å². The van der Waals surface area contributed by atoms with Crippen LogP contribution in [0.2, 0.25) is 5.02 Å². The van der Waals surface area contributed by atoms with Crippen molar-refractivity contribution in [1.82, 2.24) is 0 Å². The zero-order valence-electron chi connectivity index (χ0n) is 8.50. The molecule has 0 heterocycles. The Morgan fingerprint density at radius 3 is 2.24 bits per heavy atom. The molecule has 2 aliphatic carbocycles. The topological polar surface area (TPSA) is 20.2 Å². The van der Waals surface area contributed by atoms with Crippen molar-refractivity contribution in [3.63, 3.8) is 0 Å². The molecule has 0 bridgehead atoms. The first-order chi connectivity index (χ1) is 7.91. The largest absolute Gasteiger partial charge is 0.418 e. The summed E-state index contributed by atoms with van der Waals surface area (Å²) in [4.78, 5) is 0. The van der Waals surface area contributed by atoms with E-state index in [2.05, 4.69) is 0 Å². The van der Waals surface area contributed by atoms with Gasteiger partial charge in [0.25, 0.3) is 0 Å². The quantitative estimate of drug-likeness (QED) is 0.820. The van der Waals surface area contributed by atoms with Crippen LogP contribution in [0.5, 0.6) is 0 Å². The Labute approximate surface area is 101 Å². The lowest BCUT2D eigenvalue weighted by Gasteiger charge is -2.14. The Balaban J connectivity index is 2.59. The van der Waals surface area contributed by atoms with E-state index in [4.69, 9.17) is 11.6 Å². The third kappa shape index (κ3) is 2.23. The number of rotatable bonds is 1. The summed E-state index contributed by atoms with van der Waals surface area (Å²) < 4.78 is 37.4. The van der Waals surface area contributed by atoms with Gasteiger partial charge in [-0.1, -0.05) is 41.9 Å². The van der Waals surface area contributed by atoms with Crippen LogP contribution in [0.1, 0.15) is 11.7 Å². The Kier molecular flexibility index (Phi) is 3.02. The zero-order valence-corrected chi connectivity index (χ0v) is 9.26. The molecular formula is C12H8ClF3O. The Bertz CT molecular complexity index is 510. The number of halogens is 4. The van der Waals surface area contributed by atoms with Crippen LogP contribution in [0.25, 0.3) is 11.1 Å². The lowest BCUT2D eigenvalue weighted by atomic mass is 10.1. The molecule has 0 aromatic heterocycles. The van der Waals surface area contributed by atoms with Crippen LogP contribution in [0.4, 0.5) is 13.2 Å². The van der Waals surface area contributed by atoms with E-state index < -0.39 is 12.3 Å². The molecule has 1 nitrogen and oxygen atoms in total. The van der Waals surface area contributed by atoms with Gasteiger partial charge in [0.15, 0.2) is 6.10 Å². The molecule has 5 heteroatoms. The summed E-state index contributed by atoms with van der Waals surface area (Å²) in [5.74, 6) is 0. The molecule has 0 unspecified atom stereocenters. The number of hydrogen-bond acceptors (Lipinski definition) is 1. The van der Waals surface area contributed by atoms with Gasteiger partial charge in [-0.05, 0) is 17.2 Å². The summed E-state index contributed by atoms with van der Waals surface area (Å²) in [5, 5.41) is 9.47. The normalized spacial score (nSPS) is 13.9. The number of aliphatic hydroxyl groups excluding tert-OH is 1. The van der Waals surface area contributed by atoms with E-state index in [-0.39, 0.29) is 10.6 Å². The molecule has 0 saturated carbocycles. The van der Waals surface area contributed by atoms with Gasteiger partial charge < -0.3 is 5.11 Å². The van der Waals surface area contributed by atoms with Crippen LogP contribution in [0, 0.1) is 0 Å². The molecule has 90 valence electrons. The lowest BCUT2D eigenvalue weighted by Crippen LogP contribution is -2.20. The molecule has 0 fully saturated rings. The van der Waals surface area contributed by atoms with Crippen molar-refractivity contribution in [3.05, 3.63) is 47.0 Å². The maximum Gasteiger partial charge on any atom is 0.418 e. The van der Waals surface area contributed by atoms with Crippen molar-refractivity contribution in [2.75, 3.05) is 0 Å². The summed E-state index contributed by atoms with van der Waals surface area (Å²) in [5.41, 5.74) is 0.591. The lowest BCUT2D eigenvalue weighted by molar-refractivity contribution is -0.206. The monoisotopic (exact) mass is 260 g/mol. The minimum atomic E-state index is -4.70. The highest BCUT2D eigenvalue weighted by Crippen LogP contribution is 2.43. The Hall–Kier alpha value is -1.26. The van der Waals surface area contributed by atoms with E-state index >= 15 is 0 Å². The standard InChI is InChI=1S/C12H8ClF3O/c13-10-6-9(11(17)12(14,15)16)7-4-2-1-3-5-8(7)10/h1-6,11,17H/t11-/m0/s1. The van der Waals surface area contributed by atoms with E-state index in [0.29, 0.717) is 11.1 Å². The van der Waals surface area contributed by atoms with Gasteiger partial charge in [0, 0.05) is 10.6 Å². The van der Waals surface area contributed by atoms with Crippen molar-refractivity contribution < 1.29 is 18.3 Å². The highest BCUT2D eigenvalue weighted by molar-refractivity contribution is 6.34. The van der Waals surface area contributed by atoms with E-state index in [1.807, 2.05) is 0 Å². The summed E-state index contributed by atoms with van der Waals surface area (Å²) in [6.45, 7) is 0. The second-order valence-corrected chi connectivity index (χ2v) is 4.04. The first-order valence-corrected chi connectivity index (χ1v) is 5.21. The molecule has 0 amide bonds. The summed E-state index contributed by atoms with van der Waals surface area (Å²) in [6.07, 6.45) is -7.21. The highest BCUT2D eigenvalue weighted by Gasteiger charge is 2.41. The van der Waals surface area contributed by atoms with Crippen LogP contribution in [-0.4, -0.2) is 11.3 Å². The van der Waals surface area contributed by atoms with Crippen LogP contribution in [-0.2, 0) is 0 Å². The van der Waals surface area contributed by atoms with Crippen molar-refractivity contribution in [2.24, 2.45) is 0 Å². The smallest absolute Gasteiger partial charge is 0.379 e. The van der Waals surface area contributed by atoms with Crippen LogP contribution in [0.3, 0.4) is 0 Å². The molecule has 2 rings (SSSR count). The zero-order chi connectivity index (χ0) is 12.6. The molecule has 0 radical (unpaired) electrons. The maximum absolute atomic E-state index is 12.5. The fourth-order valence-electron chi connectivity index (χ4n) is 1.70. The predicted molar refractivity (Wildman–Crippen MR) is 59.1 cm³/mol. The van der Waals surface area contributed by atoms with Crippen molar-refractivity contribution in [1.29, 1.82) is 0 Å². The average molecular weight is 261 g/mol. The molecule has 17 heavy (non-hydrogen) atoms. The minimum absolute atomic E-state index is 0.203. The van der Waals surface area contributed by atoms with Crippen molar-refractivity contribution in [3.8, 4) is 11.1 Å². The molecule has 0 spiro atoms. The van der Waals surface area contributed by atoms with Gasteiger partial charge in [0.1, 0.15) is 0 Å². The van der Waals surface area contributed by atoms with Crippen LogP contribution in [0.15, 0.2) is 36.4 Å². The highest BCUT2D eigenvalue weighted by atomic mass is 35.5. The molecule has 0 aliphatic heterocycles. The molecule has 0 saturated heterocycles. The molecule has 1 atom stereocenters. The van der Waals surface area contributed by atoms with Gasteiger partial charge in [-0.25, -0.2) is 0 Å². The van der Waals surface area contributed by atoms with E-state index in [0.717, 1.165) is 6.07 Å². The third-order valence-electron chi connectivity index (χ3n) is 2.49. The fourth-order valence-corrected chi connectivity index (χ4v) is 1.98. The fraction of sp³-hybridized carbons (Fsp3) is 0.167. The summed E-state index contributed by atoms with van der Waals surface area (Å²) in [7, 11) is 0. The number of fused-ring (bicyclic) bond motifs is 1. The molecule has 2 aliphatic rings. The molecule has 0 aromatic carbocycles.